The molecule has 0 aliphatic rings. The van der Waals surface area contributed by atoms with Crippen molar-refractivity contribution in [2.75, 3.05) is 32.5 Å². The minimum absolute atomic E-state index is 0.108. The molecular formula is C10H19N4O+. The molecule has 0 spiro atoms. The Morgan fingerprint density at radius 1 is 1.53 bits per heavy atom. The van der Waals surface area contributed by atoms with Crippen molar-refractivity contribution >= 4 is 5.95 Å². The molecule has 0 unspecified atom stereocenters. The van der Waals surface area contributed by atoms with Gasteiger partial charge in [0.15, 0.2) is 0 Å². The highest BCUT2D eigenvalue weighted by Gasteiger charge is 1.98. The number of aromatic nitrogens is 2. The van der Waals surface area contributed by atoms with Crippen LogP contribution in [0.15, 0.2) is 10.9 Å². The number of quaternary nitrogens is 1. The van der Waals surface area contributed by atoms with Crippen molar-refractivity contribution in [1.29, 1.82) is 0 Å². The summed E-state index contributed by atoms with van der Waals surface area (Å²) in [6.45, 7) is 3.74. The van der Waals surface area contributed by atoms with Crippen LogP contribution in [0.3, 0.4) is 0 Å². The Hall–Kier alpha value is -1.36. The Kier molecular flexibility index (Phi) is 4.30. The van der Waals surface area contributed by atoms with Crippen LogP contribution in [-0.4, -0.2) is 37.2 Å². The Morgan fingerprint density at radius 2 is 2.27 bits per heavy atom. The van der Waals surface area contributed by atoms with E-state index in [1.165, 1.54) is 11.0 Å². The summed E-state index contributed by atoms with van der Waals surface area (Å²) in [5, 5.41) is 3.10. The van der Waals surface area contributed by atoms with Crippen molar-refractivity contribution in [3.8, 4) is 0 Å². The van der Waals surface area contributed by atoms with Gasteiger partial charge in [-0.25, -0.2) is 4.98 Å². The zero-order valence-corrected chi connectivity index (χ0v) is 9.55. The predicted octanol–water partition coefficient (Wildman–Crippen LogP) is -0.975. The van der Waals surface area contributed by atoms with Gasteiger partial charge >= 0.3 is 0 Å². The van der Waals surface area contributed by atoms with E-state index in [0.717, 1.165) is 25.2 Å². The van der Waals surface area contributed by atoms with Crippen LogP contribution in [0, 0.1) is 6.92 Å². The molecule has 15 heavy (non-hydrogen) atoms. The average Bonchev–Trinajstić information content (AvgIpc) is 2.10. The molecule has 0 amide bonds. The number of H-pyrrole nitrogens is 1. The van der Waals surface area contributed by atoms with Crippen LogP contribution in [0.25, 0.3) is 0 Å². The molecule has 3 N–H and O–H groups in total. The predicted molar refractivity (Wildman–Crippen MR) is 60.4 cm³/mol. The minimum Gasteiger partial charge on any atom is -0.356 e. The molecule has 84 valence electrons. The van der Waals surface area contributed by atoms with Gasteiger partial charge in [-0.2, -0.15) is 0 Å². The van der Waals surface area contributed by atoms with E-state index in [9.17, 15) is 4.79 Å². The van der Waals surface area contributed by atoms with Gasteiger partial charge in [-0.15, -0.1) is 0 Å². The Labute approximate surface area is 89.5 Å². The molecule has 1 aromatic rings. The first-order valence-corrected chi connectivity index (χ1v) is 5.19. The van der Waals surface area contributed by atoms with E-state index in [0.29, 0.717) is 5.95 Å². The maximum Gasteiger partial charge on any atom is 0.252 e. The molecule has 0 aliphatic heterocycles. The molecule has 1 heterocycles. The van der Waals surface area contributed by atoms with Crippen LogP contribution in [0.4, 0.5) is 5.95 Å². The second-order valence-electron chi connectivity index (χ2n) is 3.97. The van der Waals surface area contributed by atoms with Gasteiger partial charge in [-0.05, 0) is 6.92 Å². The maximum absolute atomic E-state index is 11.1. The molecule has 0 fully saturated rings. The highest BCUT2D eigenvalue weighted by molar-refractivity contribution is 5.24. The second-order valence-corrected chi connectivity index (χ2v) is 3.97. The molecular weight excluding hydrogens is 192 g/mol. The molecule has 0 radical (unpaired) electrons. The zero-order valence-electron chi connectivity index (χ0n) is 9.55. The number of hydrogen-bond donors (Lipinski definition) is 3. The third kappa shape index (κ3) is 4.60. The van der Waals surface area contributed by atoms with E-state index in [2.05, 4.69) is 29.4 Å². The van der Waals surface area contributed by atoms with Gasteiger partial charge in [-0.3, -0.25) is 9.78 Å². The molecule has 0 bridgehead atoms. The SMILES string of the molecule is Cc1cc(=O)[nH]c(NCCC[NH+](C)C)n1. The fourth-order valence-electron chi connectivity index (χ4n) is 1.31. The van der Waals surface area contributed by atoms with Crippen LogP contribution in [0.5, 0.6) is 0 Å². The van der Waals surface area contributed by atoms with Gasteiger partial charge in [0.05, 0.1) is 20.6 Å². The van der Waals surface area contributed by atoms with Gasteiger partial charge in [0.25, 0.3) is 5.56 Å². The summed E-state index contributed by atoms with van der Waals surface area (Å²) >= 11 is 0. The van der Waals surface area contributed by atoms with Gasteiger partial charge in [0.1, 0.15) is 0 Å². The Balaban J connectivity index is 2.40. The third-order valence-electron chi connectivity index (χ3n) is 2.02. The van der Waals surface area contributed by atoms with Crippen LogP contribution < -0.4 is 15.8 Å². The van der Waals surface area contributed by atoms with E-state index < -0.39 is 0 Å². The molecule has 0 aromatic carbocycles. The molecule has 5 heteroatoms. The fraction of sp³-hybridized carbons (Fsp3) is 0.600. The van der Waals surface area contributed by atoms with Crippen molar-refractivity contribution in [3.63, 3.8) is 0 Å². The quantitative estimate of drug-likeness (QED) is 0.549. The largest absolute Gasteiger partial charge is 0.356 e. The zero-order chi connectivity index (χ0) is 11.3. The normalized spacial score (nSPS) is 10.7. The van der Waals surface area contributed by atoms with E-state index in [1.54, 1.807) is 0 Å². The summed E-state index contributed by atoms with van der Waals surface area (Å²) in [6, 6.07) is 1.48. The monoisotopic (exact) mass is 211 g/mol. The first-order chi connectivity index (χ1) is 7.08. The van der Waals surface area contributed by atoms with E-state index >= 15 is 0 Å². The first-order valence-electron chi connectivity index (χ1n) is 5.19. The van der Waals surface area contributed by atoms with Gasteiger partial charge < -0.3 is 10.2 Å². The summed E-state index contributed by atoms with van der Waals surface area (Å²) in [7, 11) is 4.24. The van der Waals surface area contributed by atoms with Crippen LogP contribution in [-0.2, 0) is 0 Å². The number of aromatic amines is 1. The minimum atomic E-state index is -0.108. The molecule has 1 rings (SSSR count). The van der Waals surface area contributed by atoms with Crippen molar-refractivity contribution < 1.29 is 4.90 Å². The summed E-state index contributed by atoms with van der Waals surface area (Å²) in [6.07, 6.45) is 1.06. The number of rotatable bonds is 5. The smallest absolute Gasteiger partial charge is 0.252 e. The standard InChI is InChI=1S/C10H18N4O/c1-8-7-9(15)13-10(12-8)11-5-4-6-14(2)3/h7H,4-6H2,1-3H3,(H2,11,12,13,15)/p+1. The third-order valence-corrected chi connectivity index (χ3v) is 2.02. The number of anilines is 1. The maximum atomic E-state index is 11.1. The van der Waals surface area contributed by atoms with Crippen molar-refractivity contribution in [1.82, 2.24) is 9.97 Å². The lowest BCUT2D eigenvalue weighted by Crippen LogP contribution is -3.05. The van der Waals surface area contributed by atoms with Gasteiger partial charge in [0.2, 0.25) is 5.95 Å². The van der Waals surface area contributed by atoms with Crippen molar-refractivity contribution in [2.45, 2.75) is 13.3 Å². The molecule has 0 atom stereocenters. The fourth-order valence-corrected chi connectivity index (χ4v) is 1.31. The van der Waals surface area contributed by atoms with Crippen molar-refractivity contribution in [3.05, 3.63) is 22.1 Å². The van der Waals surface area contributed by atoms with Gasteiger partial charge in [-0.1, -0.05) is 0 Å². The van der Waals surface area contributed by atoms with Crippen LogP contribution in [0.2, 0.25) is 0 Å². The number of nitrogens with one attached hydrogen (secondary N) is 3. The number of hydrogen-bond acceptors (Lipinski definition) is 3. The lowest BCUT2D eigenvalue weighted by Gasteiger charge is -2.08. The molecule has 0 saturated carbocycles. The lowest BCUT2D eigenvalue weighted by atomic mass is 10.4. The average molecular weight is 211 g/mol. The Morgan fingerprint density at radius 3 is 2.87 bits per heavy atom. The highest BCUT2D eigenvalue weighted by Crippen LogP contribution is 1.94. The summed E-state index contributed by atoms with van der Waals surface area (Å²) in [5.41, 5.74) is 0.628. The summed E-state index contributed by atoms with van der Waals surface area (Å²) in [5.74, 6) is 0.564. The Bertz CT molecular complexity index is 359. The highest BCUT2D eigenvalue weighted by atomic mass is 16.1. The summed E-state index contributed by atoms with van der Waals surface area (Å²) < 4.78 is 0. The second kappa shape index (κ2) is 5.50. The van der Waals surface area contributed by atoms with E-state index in [1.807, 2.05) is 6.92 Å². The molecule has 0 saturated heterocycles. The van der Waals surface area contributed by atoms with Crippen LogP contribution in [0.1, 0.15) is 12.1 Å². The van der Waals surface area contributed by atoms with Gasteiger partial charge in [0, 0.05) is 24.7 Å². The van der Waals surface area contributed by atoms with E-state index in [4.69, 9.17) is 0 Å². The topological polar surface area (TPSA) is 62.2 Å². The molecule has 5 nitrogen and oxygen atoms in total. The lowest BCUT2D eigenvalue weighted by molar-refractivity contribution is -0.858. The first kappa shape index (κ1) is 11.7. The number of aryl methyl sites for hydroxylation is 1. The summed E-state index contributed by atoms with van der Waals surface area (Å²) in [4.78, 5) is 19.4. The molecule has 0 aliphatic carbocycles. The van der Waals surface area contributed by atoms with Crippen molar-refractivity contribution in [2.24, 2.45) is 0 Å². The molecule has 1 aromatic heterocycles. The van der Waals surface area contributed by atoms with E-state index in [-0.39, 0.29) is 5.56 Å². The number of nitrogens with zero attached hydrogens (tertiary/aromatic N) is 1. The van der Waals surface area contributed by atoms with Crippen LogP contribution >= 0.6 is 0 Å².